The van der Waals surface area contributed by atoms with Gasteiger partial charge in [0.1, 0.15) is 6.04 Å². The Hall–Kier alpha value is -1.94. The van der Waals surface area contributed by atoms with Crippen LogP contribution in [0, 0.1) is 11.3 Å². The molecule has 1 fully saturated rings. The van der Waals surface area contributed by atoms with E-state index in [0.717, 1.165) is 5.01 Å². The molecule has 1 radical (unpaired) electrons. The zero-order valence-corrected chi connectivity index (χ0v) is 9.60. The molecule has 0 saturated heterocycles. The number of carbonyl (C=O) groups excluding carboxylic acids is 2. The van der Waals surface area contributed by atoms with Gasteiger partial charge in [0.2, 0.25) is 0 Å². The molecule has 18 heavy (non-hydrogen) atoms. The highest BCUT2D eigenvalue weighted by Gasteiger charge is 2.38. The molecule has 0 bridgehead atoms. The van der Waals surface area contributed by atoms with E-state index in [1.807, 2.05) is 0 Å². The van der Waals surface area contributed by atoms with Crippen LogP contribution in [0.2, 0.25) is 0 Å². The van der Waals surface area contributed by atoms with Crippen molar-refractivity contribution in [3.05, 3.63) is 11.3 Å². The fourth-order valence-electron chi connectivity index (χ4n) is 1.93. The monoisotopic (exact) mass is 258 g/mol. The lowest BCUT2D eigenvalue weighted by atomic mass is 9.86. The third-order valence-corrected chi connectivity index (χ3v) is 2.94. The van der Waals surface area contributed by atoms with Crippen LogP contribution in [0.3, 0.4) is 0 Å². The number of rotatable bonds is 3. The first-order valence-corrected chi connectivity index (χ1v) is 5.21. The number of hydrogen-bond donors (Lipinski definition) is 4. The Morgan fingerprint density at radius 1 is 1.17 bits per heavy atom. The van der Waals surface area contributed by atoms with Crippen LogP contribution in [0.1, 0.15) is 12.8 Å². The lowest BCUT2D eigenvalue weighted by molar-refractivity contribution is 0.120. The van der Waals surface area contributed by atoms with Crippen molar-refractivity contribution in [2.45, 2.75) is 31.0 Å². The maximum Gasteiger partial charge on any atom is 0.329 e. The first-order chi connectivity index (χ1) is 8.38. The van der Waals surface area contributed by atoms with Crippen LogP contribution in [-0.4, -0.2) is 40.2 Å². The Bertz CT molecular complexity index is 348. The van der Waals surface area contributed by atoms with Crippen molar-refractivity contribution in [3.63, 3.8) is 0 Å². The smallest absolute Gasteiger partial charge is 0.329 e. The Kier molecular flexibility index (Phi) is 4.39. The fourth-order valence-corrected chi connectivity index (χ4v) is 1.93. The minimum atomic E-state index is -0.898. The second-order valence-electron chi connectivity index (χ2n) is 4.02. The highest BCUT2D eigenvalue weighted by atomic mass is 16.3. The van der Waals surface area contributed by atoms with Crippen molar-refractivity contribution in [1.29, 1.82) is 0 Å². The van der Waals surface area contributed by atoms with Gasteiger partial charge >= 0.3 is 12.1 Å². The van der Waals surface area contributed by atoms with E-state index >= 15 is 0 Å². The zero-order chi connectivity index (χ0) is 13.9. The molecule has 10 nitrogen and oxygen atoms in total. The predicted octanol–water partition coefficient (Wildman–Crippen LogP) is -1.63. The van der Waals surface area contributed by atoms with E-state index in [-0.39, 0.29) is 6.42 Å². The molecule has 0 aromatic rings. The van der Waals surface area contributed by atoms with Gasteiger partial charge in [-0.25, -0.2) is 21.3 Å². The Labute approximate surface area is 103 Å². The summed E-state index contributed by atoms with van der Waals surface area (Å²) in [6.45, 7) is 0. The number of carbonyl (C=O) groups is 2. The topological polar surface area (TPSA) is 174 Å². The molecule has 101 valence electrons. The van der Waals surface area contributed by atoms with Crippen LogP contribution in [0.25, 0.3) is 0 Å². The lowest BCUT2D eigenvalue weighted by Gasteiger charge is -2.38. The number of primary amides is 2. The fraction of sp³-hybridized carbons (Fsp3) is 0.625. The number of nitrogens with zero attached hydrogens (tertiary/aromatic N) is 3. The molecule has 10 heteroatoms. The second kappa shape index (κ2) is 5.60. The molecule has 3 atom stereocenters. The zero-order valence-electron chi connectivity index (χ0n) is 9.60. The molecule has 1 rings (SSSR count). The SMILES string of the molecule is NC(=O)N(N)C1C[CH]C(N=O)C(N(N)C(N)=O)C1. The van der Waals surface area contributed by atoms with Crippen molar-refractivity contribution in [3.8, 4) is 0 Å². The van der Waals surface area contributed by atoms with E-state index in [4.69, 9.17) is 23.2 Å². The van der Waals surface area contributed by atoms with Gasteiger partial charge in [0.15, 0.2) is 0 Å². The van der Waals surface area contributed by atoms with Crippen LogP contribution in [0.5, 0.6) is 0 Å². The van der Waals surface area contributed by atoms with E-state index in [9.17, 15) is 14.5 Å². The summed E-state index contributed by atoms with van der Waals surface area (Å²) < 4.78 is 0. The van der Waals surface area contributed by atoms with E-state index in [1.54, 1.807) is 0 Å². The third kappa shape index (κ3) is 2.84. The Morgan fingerprint density at radius 3 is 2.17 bits per heavy atom. The van der Waals surface area contributed by atoms with Crippen molar-refractivity contribution in [2.75, 3.05) is 0 Å². The molecule has 4 amide bonds. The number of nitrogens with two attached hydrogens (primary N) is 4. The van der Waals surface area contributed by atoms with E-state index in [2.05, 4.69) is 5.18 Å². The molecule has 8 N–H and O–H groups in total. The Balaban J connectivity index is 2.80. The van der Waals surface area contributed by atoms with Crippen LogP contribution in [0.15, 0.2) is 5.18 Å². The summed E-state index contributed by atoms with van der Waals surface area (Å²) >= 11 is 0. The number of urea groups is 2. The molecule has 0 aromatic carbocycles. The maximum atomic E-state index is 11.0. The van der Waals surface area contributed by atoms with Crippen LogP contribution < -0.4 is 23.2 Å². The van der Waals surface area contributed by atoms with Crippen molar-refractivity contribution < 1.29 is 9.59 Å². The van der Waals surface area contributed by atoms with Gasteiger partial charge in [0, 0.05) is 0 Å². The largest absolute Gasteiger partial charge is 0.350 e. The van der Waals surface area contributed by atoms with Gasteiger partial charge in [-0.15, -0.1) is 0 Å². The average Bonchev–Trinajstić information content (AvgIpc) is 2.35. The molecule has 0 spiro atoms. The molecule has 1 aliphatic carbocycles. The van der Waals surface area contributed by atoms with Crippen molar-refractivity contribution >= 4 is 12.1 Å². The van der Waals surface area contributed by atoms with Crippen molar-refractivity contribution in [2.24, 2.45) is 28.3 Å². The molecule has 1 aliphatic rings. The molecular weight excluding hydrogens is 242 g/mol. The van der Waals surface area contributed by atoms with Gasteiger partial charge in [-0.1, -0.05) is 5.18 Å². The normalized spacial score (nSPS) is 27.3. The van der Waals surface area contributed by atoms with Gasteiger partial charge in [0.25, 0.3) is 0 Å². The third-order valence-electron chi connectivity index (χ3n) is 2.94. The van der Waals surface area contributed by atoms with Gasteiger partial charge in [0.05, 0.1) is 12.1 Å². The van der Waals surface area contributed by atoms with Gasteiger partial charge in [-0.05, 0) is 19.3 Å². The quantitative estimate of drug-likeness (QED) is 0.205. The standard InChI is InChI=1S/C8H16N7O3/c9-7(16)14(11)4-1-2-5(13-18)6(3-4)15(12)8(10)17/h2,4-6H,1,3,11-12H2,(H2,9,16)(H2,10,17). The number of hydrazine groups is 2. The average molecular weight is 258 g/mol. The summed E-state index contributed by atoms with van der Waals surface area (Å²) in [5, 5.41) is 4.41. The summed E-state index contributed by atoms with van der Waals surface area (Å²) in [5.41, 5.74) is 10.1. The lowest BCUT2D eigenvalue weighted by Crippen LogP contribution is -2.60. The molecule has 3 unspecified atom stereocenters. The van der Waals surface area contributed by atoms with E-state index < -0.39 is 30.2 Å². The highest BCUT2D eigenvalue weighted by molar-refractivity contribution is 5.72. The van der Waals surface area contributed by atoms with Crippen LogP contribution >= 0.6 is 0 Å². The van der Waals surface area contributed by atoms with Gasteiger partial charge in [-0.3, -0.25) is 10.0 Å². The number of hydrogen-bond acceptors (Lipinski definition) is 6. The summed E-state index contributed by atoms with van der Waals surface area (Å²) in [5.74, 6) is 10.9. The minimum absolute atomic E-state index is 0.172. The summed E-state index contributed by atoms with van der Waals surface area (Å²) in [6, 6.07) is -3.71. The summed E-state index contributed by atoms with van der Waals surface area (Å²) in [6.07, 6.45) is 2.03. The van der Waals surface area contributed by atoms with Crippen LogP contribution in [0.4, 0.5) is 9.59 Å². The highest BCUT2D eigenvalue weighted by Crippen LogP contribution is 2.26. The number of nitroso groups, excluding NO2 is 1. The maximum absolute atomic E-state index is 11.0. The first-order valence-electron chi connectivity index (χ1n) is 5.21. The number of amides is 4. The van der Waals surface area contributed by atoms with Gasteiger partial charge < -0.3 is 11.5 Å². The molecule has 0 aromatic heterocycles. The molecule has 0 heterocycles. The van der Waals surface area contributed by atoms with Gasteiger partial charge in [-0.2, -0.15) is 4.91 Å². The summed E-state index contributed by atoms with van der Waals surface area (Å²) in [4.78, 5) is 32.6. The van der Waals surface area contributed by atoms with Crippen LogP contribution in [-0.2, 0) is 0 Å². The molecule has 0 aliphatic heterocycles. The predicted molar refractivity (Wildman–Crippen MR) is 61.9 cm³/mol. The Morgan fingerprint density at radius 2 is 1.72 bits per heavy atom. The second-order valence-corrected chi connectivity index (χ2v) is 4.02. The van der Waals surface area contributed by atoms with E-state index in [1.165, 1.54) is 6.42 Å². The van der Waals surface area contributed by atoms with E-state index in [0.29, 0.717) is 11.4 Å². The molecule has 1 saturated carbocycles. The summed E-state index contributed by atoms with van der Waals surface area (Å²) in [7, 11) is 0. The minimum Gasteiger partial charge on any atom is -0.350 e. The first kappa shape index (κ1) is 14.1. The molecular formula is C8H16N7O3. The van der Waals surface area contributed by atoms with Crippen molar-refractivity contribution in [1.82, 2.24) is 10.0 Å².